The van der Waals surface area contributed by atoms with Crippen molar-refractivity contribution in [1.29, 1.82) is 0 Å². The van der Waals surface area contributed by atoms with Gasteiger partial charge in [-0.3, -0.25) is 4.79 Å². The Morgan fingerprint density at radius 2 is 1.85 bits per heavy atom. The second kappa shape index (κ2) is 7.04. The Morgan fingerprint density at radius 1 is 1.07 bits per heavy atom. The number of rotatable bonds is 4. The van der Waals surface area contributed by atoms with E-state index in [0.29, 0.717) is 5.75 Å². The SMILES string of the molecule is Cc1cc(C)c2[nH]c(CSc3nnc(-c4ccccc4)n3C)cc(=O)c2c1. The molecule has 0 unspecified atom stereocenters. The van der Waals surface area contributed by atoms with Crippen LogP contribution in [0.25, 0.3) is 22.3 Å². The van der Waals surface area contributed by atoms with Gasteiger partial charge in [-0.25, -0.2) is 0 Å². The molecule has 0 fully saturated rings. The van der Waals surface area contributed by atoms with Crippen molar-refractivity contribution in [2.75, 3.05) is 0 Å². The number of nitrogens with zero attached hydrogens (tertiary/aromatic N) is 3. The lowest BCUT2D eigenvalue weighted by atomic mass is 10.1. The maximum Gasteiger partial charge on any atom is 0.191 e. The summed E-state index contributed by atoms with van der Waals surface area (Å²) in [5, 5.41) is 10.2. The van der Waals surface area contributed by atoms with Crippen molar-refractivity contribution in [3.05, 3.63) is 75.6 Å². The van der Waals surface area contributed by atoms with E-state index in [-0.39, 0.29) is 5.43 Å². The Kier molecular flexibility index (Phi) is 4.58. The van der Waals surface area contributed by atoms with E-state index in [1.807, 2.05) is 61.9 Å². The number of fused-ring (bicyclic) bond motifs is 1. The van der Waals surface area contributed by atoms with E-state index >= 15 is 0 Å². The first-order valence-electron chi connectivity index (χ1n) is 8.73. The molecule has 4 rings (SSSR count). The molecular formula is C21H20N4OS. The Hall–Kier alpha value is -2.86. The van der Waals surface area contributed by atoms with Gasteiger partial charge in [-0.05, 0) is 31.0 Å². The number of hydrogen-bond donors (Lipinski definition) is 1. The maximum atomic E-state index is 12.5. The first-order chi connectivity index (χ1) is 13.0. The zero-order chi connectivity index (χ0) is 19.0. The van der Waals surface area contributed by atoms with E-state index in [1.54, 1.807) is 17.8 Å². The van der Waals surface area contributed by atoms with Crippen molar-refractivity contribution in [1.82, 2.24) is 19.7 Å². The van der Waals surface area contributed by atoms with E-state index < -0.39 is 0 Å². The molecule has 0 aliphatic heterocycles. The van der Waals surface area contributed by atoms with Crippen molar-refractivity contribution in [2.45, 2.75) is 24.8 Å². The predicted octanol–water partition coefficient (Wildman–Crippen LogP) is 4.23. The summed E-state index contributed by atoms with van der Waals surface area (Å²) in [6.45, 7) is 4.03. The van der Waals surface area contributed by atoms with E-state index in [1.165, 1.54) is 0 Å². The van der Waals surface area contributed by atoms with Crippen LogP contribution in [0.3, 0.4) is 0 Å². The summed E-state index contributed by atoms with van der Waals surface area (Å²) in [5.41, 5.74) is 5.05. The smallest absolute Gasteiger partial charge is 0.191 e. The van der Waals surface area contributed by atoms with E-state index in [2.05, 4.69) is 21.2 Å². The van der Waals surface area contributed by atoms with Gasteiger partial charge in [-0.2, -0.15) is 0 Å². The number of H-pyrrole nitrogens is 1. The van der Waals surface area contributed by atoms with Gasteiger partial charge >= 0.3 is 0 Å². The minimum Gasteiger partial charge on any atom is -0.357 e. The van der Waals surface area contributed by atoms with Crippen LogP contribution in [0.4, 0.5) is 0 Å². The highest BCUT2D eigenvalue weighted by Crippen LogP contribution is 2.25. The number of aryl methyl sites for hydroxylation is 2. The number of thioether (sulfide) groups is 1. The second-order valence-corrected chi connectivity index (χ2v) is 7.63. The van der Waals surface area contributed by atoms with Crippen molar-refractivity contribution >= 4 is 22.7 Å². The molecule has 0 spiro atoms. The van der Waals surface area contributed by atoms with Gasteiger partial charge in [0, 0.05) is 35.5 Å². The summed E-state index contributed by atoms with van der Waals surface area (Å²) < 4.78 is 1.98. The summed E-state index contributed by atoms with van der Waals surface area (Å²) in [6, 6.07) is 15.7. The molecule has 2 heterocycles. The minimum atomic E-state index is 0.0501. The Labute approximate surface area is 161 Å². The molecule has 0 saturated heterocycles. The lowest BCUT2D eigenvalue weighted by Crippen LogP contribution is -2.06. The van der Waals surface area contributed by atoms with Crippen LogP contribution in [0, 0.1) is 13.8 Å². The molecule has 0 aliphatic rings. The molecule has 2 aromatic heterocycles. The highest BCUT2D eigenvalue weighted by atomic mass is 32.2. The number of aromatic nitrogens is 4. The lowest BCUT2D eigenvalue weighted by Gasteiger charge is -2.08. The number of aromatic amines is 1. The number of pyridine rings is 1. The van der Waals surface area contributed by atoms with Gasteiger partial charge in [0.2, 0.25) is 0 Å². The van der Waals surface area contributed by atoms with Crippen LogP contribution < -0.4 is 5.43 Å². The third-order valence-electron chi connectivity index (χ3n) is 4.56. The average molecular weight is 376 g/mol. The number of nitrogens with one attached hydrogen (secondary N) is 1. The van der Waals surface area contributed by atoms with E-state index in [9.17, 15) is 4.79 Å². The van der Waals surface area contributed by atoms with Crippen molar-refractivity contribution in [3.63, 3.8) is 0 Å². The molecule has 0 atom stereocenters. The van der Waals surface area contributed by atoms with Crippen molar-refractivity contribution in [3.8, 4) is 11.4 Å². The molecule has 1 N–H and O–H groups in total. The third kappa shape index (κ3) is 3.40. The van der Waals surface area contributed by atoms with Gasteiger partial charge < -0.3 is 9.55 Å². The summed E-state index contributed by atoms with van der Waals surface area (Å²) in [5.74, 6) is 1.45. The zero-order valence-electron chi connectivity index (χ0n) is 15.5. The van der Waals surface area contributed by atoms with Gasteiger partial charge in [0.05, 0.1) is 5.52 Å². The summed E-state index contributed by atoms with van der Waals surface area (Å²) in [7, 11) is 1.96. The molecule has 0 radical (unpaired) electrons. The Morgan fingerprint density at radius 3 is 2.63 bits per heavy atom. The normalized spacial score (nSPS) is 11.2. The first kappa shape index (κ1) is 17.5. The van der Waals surface area contributed by atoms with Crippen LogP contribution in [0.5, 0.6) is 0 Å². The minimum absolute atomic E-state index is 0.0501. The fourth-order valence-electron chi connectivity index (χ4n) is 3.26. The van der Waals surface area contributed by atoms with Gasteiger partial charge in [-0.15, -0.1) is 10.2 Å². The van der Waals surface area contributed by atoms with Crippen LogP contribution in [0.1, 0.15) is 16.8 Å². The fraction of sp³-hybridized carbons (Fsp3) is 0.190. The highest BCUT2D eigenvalue weighted by Gasteiger charge is 2.12. The molecule has 2 aromatic carbocycles. The monoisotopic (exact) mass is 376 g/mol. The summed E-state index contributed by atoms with van der Waals surface area (Å²) in [6.07, 6.45) is 0. The topological polar surface area (TPSA) is 63.6 Å². The van der Waals surface area contributed by atoms with Crippen LogP contribution in [-0.4, -0.2) is 19.7 Å². The second-order valence-electron chi connectivity index (χ2n) is 6.68. The van der Waals surface area contributed by atoms with Crippen molar-refractivity contribution < 1.29 is 0 Å². The van der Waals surface area contributed by atoms with E-state index in [0.717, 1.165) is 44.3 Å². The molecular weight excluding hydrogens is 356 g/mol. The lowest BCUT2D eigenvalue weighted by molar-refractivity contribution is 0.793. The van der Waals surface area contributed by atoms with Crippen LogP contribution in [-0.2, 0) is 12.8 Å². The van der Waals surface area contributed by atoms with Gasteiger partial charge in [-0.1, -0.05) is 48.2 Å². The maximum absolute atomic E-state index is 12.5. The molecule has 0 amide bonds. The summed E-state index contributed by atoms with van der Waals surface area (Å²) in [4.78, 5) is 15.9. The van der Waals surface area contributed by atoms with Crippen LogP contribution in [0.2, 0.25) is 0 Å². The van der Waals surface area contributed by atoms with Crippen LogP contribution in [0.15, 0.2) is 58.5 Å². The first-order valence-corrected chi connectivity index (χ1v) is 9.72. The molecule has 0 bridgehead atoms. The van der Waals surface area contributed by atoms with E-state index in [4.69, 9.17) is 0 Å². The Balaban J connectivity index is 1.61. The third-order valence-corrected chi connectivity index (χ3v) is 5.63. The zero-order valence-corrected chi connectivity index (χ0v) is 16.3. The van der Waals surface area contributed by atoms with Crippen molar-refractivity contribution in [2.24, 2.45) is 7.05 Å². The van der Waals surface area contributed by atoms with Gasteiger partial charge in [0.1, 0.15) is 0 Å². The molecule has 6 heteroatoms. The Bertz CT molecular complexity index is 1180. The van der Waals surface area contributed by atoms with Gasteiger partial charge in [0.15, 0.2) is 16.4 Å². The largest absolute Gasteiger partial charge is 0.357 e. The predicted molar refractivity (Wildman–Crippen MR) is 110 cm³/mol. The summed E-state index contributed by atoms with van der Waals surface area (Å²) >= 11 is 1.56. The highest BCUT2D eigenvalue weighted by molar-refractivity contribution is 7.98. The standard InChI is InChI=1S/C21H20N4OS/c1-13-9-14(2)19-17(10-13)18(26)11-16(22-19)12-27-21-24-23-20(25(21)3)15-7-5-4-6-8-15/h4-11H,12H2,1-3H3,(H,22,26). The number of hydrogen-bond acceptors (Lipinski definition) is 4. The number of benzene rings is 2. The molecule has 27 heavy (non-hydrogen) atoms. The molecule has 136 valence electrons. The quantitative estimate of drug-likeness (QED) is 0.541. The fourth-order valence-corrected chi connectivity index (χ4v) is 4.08. The molecule has 0 aliphatic carbocycles. The molecule has 5 nitrogen and oxygen atoms in total. The molecule has 0 saturated carbocycles. The van der Waals surface area contributed by atoms with Crippen LogP contribution >= 0.6 is 11.8 Å². The average Bonchev–Trinajstić information content (AvgIpc) is 3.02. The van der Waals surface area contributed by atoms with Gasteiger partial charge in [0.25, 0.3) is 0 Å². The molecule has 4 aromatic rings.